The highest BCUT2D eigenvalue weighted by molar-refractivity contribution is 5.79. The van der Waals surface area contributed by atoms with E-state index in [0.717, 1.165) is 10.9 Å². The Hall–Kier alpha value is -1.65. The monoisotopic (exact) mass is 232 g/mol. The van der Waals surface area contributed by atoms with Crippen LogP contribution in [0.15, 0.2) is 35.1 Å². The first-order valence-corrected chi connectivity index (χ1v) is 5.63. The van der Waals surface area contributed by atoms with Crippen molar-refractivity contribution >= 4 is 10.9 Å². The lowest BCUT2D eigenvalue weighted by molar-refractivity contribution is 0.174. The number of nitrogens with zero attached hydrogens (tertiary/aromatic N) is 1. The molecule has 0 amide bonds. The van der Waals surface area contributed by atoms with E-state index in [1.165, 1.54) is 0 Å². The molecule has 1 aromatic carbocycles. The number of nitrogens with two attached hydrogens (primary N) is 1. The molecule has 90 valence electrons. The third kappa shape index (κ3) is 2.23. The third-order valence-electron chi connectivity index (χ3n) is 2.74. The molecule has 2 aromatic rings. The normalized spacial score (nSPS) is 12.9. The van der Waals surface area contributed by atoms with Gasteiger partial charge in [-0.25, -0.2) is 0 Å². The molecule has 0 aliphatic rings. The van der Waals surface area contributed by atoms with Crippen LogP contribution in [0, 0.1) is 0 Å². The van der Waals surface area contributed by atoms with Crippen LogP contribution in [0.25, 0.3) is 10.9 Å². The van der Waals surface area contributed by atoms with E-state index >= 15 is 0 Å². The molecule has 0 fully saturated rings. The molecule has 0 saturated carbocycles. The number of aromatic nitrogens is 1. The summed E-state index contributed by atoms with van der Waals surface area (Å²) < 4.78 is 1.59. The maximum absolute atomic E-state index is 12.1. The van der Waals surface area contributed by atoms with Crippen LogP contribution in [0.4, 0.5) is 0 Å². The highest BCUT2D eigenvalue weighted by Crippen LogP contribution is 2.13. The maximum atomic E-state index is 12.1. The highest BCUT2D eigenvalue weighted by Gasteiger charge is 2.09. The largest absolute Gasteiger partial charge is 0.392 e. The average Bonchev–Trinajstić information content (AvgIpc) is 2.32. The molecule has 0 radical (unpaired) electrons. The summed E-state index contributed by atoms with van der Waals surface area (Å²) in [5, 5.41) is 10.4. The van der Waals surface area contributed by atoms with Crippen molar-refractivity contribution in [3.8, 4) is 0 Å². The molecule has 1 unspecified atom stereocenters. The van der Waals surface area contributed by atoms with E-state index in [1.54, 1.807) is 11.5 Å². The Labute approximate surface area is 99.3 Å². The number of fused-ring (bicyclic) bond motifs is 1. The number of para-hydroxylation sites is 1. The second-order valence-electron chi connectivity index (χ2n) is 4.20. The summed E-state index contributed by atoms with van der Waals surface area (Å²) in [4.78, 5) is 12.1. The fourth-order valence-electron chi connectivity index (χ4n) is 1.98. The Kier molecular flexibility index (Phi) is 3.26. The summed E-state index contributed by atoms with van der Waals surface area (Å²) in [6.45, 7) is 2.16. The van der Waals surface area contributed by atoms with E-state index in [1.807, 2.05) is 30.3 Å². The van der Waals surface area contributed by atoms with Gasteiger partial charge in [0.2, 0.25) is 0 Å². The Bertz CT molecular complexity index is 587. The van der Waals surface area contributed by atoms with Gasteiger partial charge in [0.1, 0.15) is 0 Å². The molecule has 1 aromatic heterocycles. The van der Waals surface area contributed by atoms with Crippen molar-refractivity contribution in [2.45, 2.75) is 26.1 Å². The van der Waals surface area contributed by atoms with E-state index in [9.17, 15) is 9.90 Å². The van der Waals surface area contributed by atoms with Crippen LogP contribution in [0.1, 0.15) is 12.5 Å². The lowest BCUT2D eigenvalue weighted by Gasteiger charge is -2.13. The van der Waals surface area contributed by atoms with Gasteiger partial charge in [-0.2, -0.15) is 0 Å². The van der Waals surface area contributed by atoms with Gasteiger partial charge in [0, 0.05) is 12.1 Å². The standard InChI is InChI=1S/C13H16N2O2/c1-9(16)8-15-12-5-3-2-4-10(12)6-11(7-14)13(15)17/h2-6,9,16H,7-8,14H2,1H3. The van der Waals surface area contributed by atoms with Crippen molar-refractivity contribution in [2.75, 3.05) is 0 Å². The molecule has 2 rings (SSSR count). The molecule has 0 aliphatic heterocycles. The van der Waals surface area contributed by atoms with Gasteiger partial charge in [-0.05, 0) is 24.4 Å². The minimum absolute atomic E-state index is 0.118. The van der Waals surface area contributed by atoms with Crippen molar-refractivity contribution in [2.24, 2.45) is 5.73 Å². The molecule has 1 atom stereocenters. The lowest BCUT2D eigenvalue weighted by atomic mass is 10.1. The van der Waals surface area contributed by atoms with Crippen molar-refractivity contribution in [3.63, 3.8) is 0 Å². The number of rotatable bonds is 3. The van der Waals surface area contributed by atoms with Crippen LogP contribution in [0.3, 0.4) is 0 Å². The average molecular weight is 232 g/mol. The van der Waals surface area contributed by atoms with Gasteiger partial charge in [0.05, 0.1) is 18.2 Å². The second kappa shape index (κ2) is 4.69. The number of pyridine rings is 1. The van der Waals surface area contributed by atoms with E-state index in [4.69, 9.17) is 5.73 Å². The maximum Gasteiger partial charge on any atom is 0.255 e. The predicted octanol–water partition coefficient (Wildman–Crippen LogP) is 0.841. The molecule has 0 spiro atoms. The van der Waals surface area contributed by atoms with E-state index in [0.29, 0.717) is 5.56 Å². The first kappa shape index (κ1) is 11.8. The van der Waals surface area contributed by atoms with Crippen molar-refractivity contribution < 1.29 is 5.11 Å². The quantitative estimate of drug-likeness (QED) is 0.824. The lowest BCUT2D eigenvalue weighted by Crippen LogP contribution is -2.29. The van der Waals surface area contributed by atoms with Gasteiger partial charge >= 0.3 is 0 Å². The van der Waals surface area contributed by atoms with Crippen molar-refractivity contribution in [3.05, 3.63) is 46.2 Å². The summed E-state index contributed by atoms with van der Waals surface area (Å²) in [7, 11) is 0. The molecule has 4 heteroatoms. The molecule has 0 aliphatic carbocycles. The number of benzene rings is 1. The van der Waals surface area contributed by atoms with Gasteiger partial charge in [-0.15, -0.1) is 0 Å². The van der Waals surface area contributed by atoms with Gasteiger partial charge in [-0.1, -0.05) is 18.2 Å². The SMILES string of the molecule is CC(O)Cn1c(=O)c(CN)cc2ccccc21. The van der Waals surface area contributed by atoms with Gasteiger partial charge in [0.25, 0.3) is 5.56 Å². The summed E-state index contributed by atoms with van der Waals surface area (Å²) in [5.41, 5.74) is 6.85. The smallest absolute Gasteiger partial charge is 0.255 e. The van der Waals surface area contributed by atoms with E-state index in [-0.39, 0.29) is 18.6 Å². The number of aliphatic hydroxyl groups excluding tert-OH is 1. The first-order chi connectivity index (χ1) is 8.13. The van der Waals surface area contributed by atoms with Crippen molar-refractivity contribution in [1.82, 2.24) is 4.57 Å². The number of aliphatic hydroxyl groups is 1. The Morgan fingerprint density at radius 2 is 2.12 bits per heavy atom. The van der Waals surface area contributed by atoms with E-state index in [2.05, 4.69) is 0 Å². The van der Waals surface area contributed by atoms with Crippen LogP contribution < -0.4 is 11.3 Å². The zero-order chi connectivity index (χ0) is 12.4. The van der Waals surface area contributed by atoms with Gasteiger partial charge < -0.3 is 15.4 Å². The minimum atomic E-state index is -0.566. The zero-order valence-electron chi connectivity index (χ0n) is 9.76. The molecule has 17 heavy (non-hydrogen) atoms. The number of hydrogen-bond donors (Lipinski definition) is 2. The molecule has 4 nitrogen and oxygen atoms in total. The van der Waals surface area contributed by atoms with Gasteiger partial charge in [0.15, 0.2) is 0 Å². The minimum Gasteiger partial charge on any atom is -0.392 e. The van der Waals surface area contributed by atoms with E-state index < -0.39 is 6.10 Å². The third-order valence-corrected chi connectivity index (χ3v) is 2.74. The first-order valence-electron chi connectivity index (χ1n) is 5.63. The summed E-state index contributed by atoms with van der Waals surface area (Å²) in [6.07, 6.45) is -0.566. The Balaban J connectivity index is 2.75. The summed E-state index contributed by atoms with van der Waals surface area (Å²) >= 11 is 0. The molecule has 3 N–H and O–H groups in total. The van der Waals surface area contributed by atoms with Crippen LogP contribution in [-0.2, 0) is 13.1 Å². The van der Waals surface area contributed by atoms with Crippen LogP contribution >= 0.6 is 0 Å². The number of hydrogen-bond acceptors (Lipinski definition) is 3. The van der Waals surface area contributed by atoms with Crippen molar-refractivity contribution in [1.29, 1.82) is 0 Å². The molecule has 0 bridgehead atoms. The second-order valence-corrected chi connectivity index (χ2v) is 4.20. The Morgan fingerprint density at radius 3 is 2.76 bits per heavy atom. The van der Waals surface area contributed by atoms with Crippen LogP contribution in [0.2, 0.25) is 0 Å². The molecule has 1 heterocycles. The zero-order valence-corrected chi connectivity index (χ0v) is 9.76. The highest BCUT2D eigenvalue weighted by atomic mass is 16.3. The topological polar surface area (TPSA) is 68.2 Å². The van der Waals surface area contributed by atoms with Crippen LogP contribution in [0.5, 0.6) is 0 Å². The summed E-state index contributed by atoms with van der Waals surface area (Å²) in [6, 6.07) is 9.42. The van der Waals surface area contributed by atoms with Crippen LogP contribution in [-0.4, -0.2) is 15.8 Å². The molecular formula is C13H16N2O2. The molecule has 0 saturated heterocycles. The fourth-order valence-corrected chi connectivity index (χ4v) is 1.98. The Morgan fingerprint density at radius 1 is 1.41 bits per heavy atom. The molecular weight excluding hydrogens is 216 g/mol. The fraction of sp³-hybridized carbons (Fsp3) is 0.308. The predicted molar refractivity (Wildman–Crippen MR) is 67.8 cm³/mol. The van der Waals surface area contributed by atoms with Gasteiger partial charge in [-0.3, -0.25) is 4.79 Å². The summed E-state index contributed by atoms with van der Waals surface area (Å²) in [5.74, 6) is 0.